The second-order valence-electron chi connectivity index (χ2n) is 6.92. The van der Waals surface area contributed by atoms with Gasteiger partial charge in [-0.05, 0) is 53.1 Å². The molecule has 2 aromatic heterocycles. The number of hydrogen-bond acceptors (Lipinski definition) is 5. The quantitative estimate of drug-likeness (QED) is 0.853. The summed E-state index contributed by atoms with van der Waals surface area (Å²) in [5.74, 6) is 0.660. The van der Waals surface area contributed by atoms with Gasteiger partial charge in [-0.25, -0.2) is 0 Å². The number of fused-ring (bicyclic) bond motifs is 1. The molecule has 2 aliphatic rings. The number of nitrogens with zero attached hydrogens (tertiary/aromatic N) is 3. The molecule has 0 spiro atoms. The molecular weight excluding hydrogens is 318 g/mol. The monoisotopic (exact) mass is 343 g/mol. The Morgan fingerprint density at radius 1 is 1.04 bits per heavy atom. The Labute approximate surface area is 148 Å². The number of aromatic nitrogens is 1. The van der Waals surface area contributed by atoms with Gasteiger partial charge in [0.05, 0.1) is 12.7 Å². The summed E-state index contributed by atoms with van der Waals surface area (Å²) in [7, 11) is 0. The summed E-state index contributed by atoms with van der Waals surface area (Å²) < 4.78 is 6.23. The lowest BCUT2D eigenvalue weighted by Gasteiger charge is -2.38. The molecule has 0 bridgehead atoms. The van der Waals surface area contributed by atoms with E-state index in [2.05, 4.69) is 43.7 Å². The van der Waals surface area contributed by atoms with Gasteiger partial charge < -0.3 is 4.74 Å². The van der Waals surface area contributed by atoms with Crippen LogP contribution in [0.4, 0.5) is 0 Å². The molecule has 0 aliphatic carbocycles. The smallest absolute Gasteiger partial charge is 0.0743 e. The van der Waals surface area contributed by atoms with E-state index in [1.165, 1.54) is 24.1 Å². The van der Waals surface area contributed by atoms with Crippen molar-refractivity contribution in [1.29, 1.82) is 0 Å². The van der Waals surface area contributed by atoms with Crippen molar-refractivity contribution in [2.24, 2.45) is 5.92 Å². The zero-order valence-corrected chi connectivity index (χ0v) is 14.8. The molecule has 2 aromatic rings. The molecule has 2 fully saturated rings. The first-order chi connectivity index (χ1) is 11.9. The topological polar surface area (TPSA) is 28.6 Å². The van der Waals surface area contributed by atoms with Crippen molar-refractivity contribution in [3.05, 3.63) is 52.5 Å². The van der Waals surface area contributed by atoms with Crippen molar-refractivity contribution < 1.29 is 4.74 Å². The van der Waals surface area contributed by atoms with Gasteiger partial charge in [0, 0.05) is 51.0 Å². The number of hydrogen-bond donors (Lipinski definition) is 0. The van der Waals surface area contributed by atoms with Gasteiger partial charge >= 0.3 is 0 Å². The number of pyridine rings is 1. The van der Waals surface area contributed by atoms with Crippen LogP contribution in [0.1, 0.15) is 17.5 Å². The van der Waals surface area contributed by atoms with E-state index < -0.39 is 0 Å². The Balaban J connectivity index is 1.34. The highest BCUT2D eigenvalue weighted by Gasteiger charge is 2.33. The molecule has 5 heteroatoms. The molecule has 0 unspecified atom stereocenters. The van der Waals surface area contributed by atoms with E-state index in [0.29, 0.717) is 12.0 Å². The normalized spacial score (nSPS) is 26.0. The van der Waals surface area contributed by atoms with Crippen LogP contribution >= 0.6 is 11.3 Å². The lowest BCUT2D eigenvalue weighted by Crippen LogP contribution is -2.46. The third-order valence-electron chi connectivity index (χ3n) is 5.15. The molecule has 4 heterocycles. The van der Waals surface area contributed by atoms with Gasteiger partial charge in [-0.3, -0.25) is 14.8 Å². The molecule has 0 saturated carbocycles. The van der Waals surface area contributed by atoms with Crippen molar-refractivity contribution in [3.8, 4) is 0 Å². The van der Waals surface area contributed by atoms with E-state index >= 15 is 0 Å². The lowest BCUT2D eigenvalue weighted by atomic mass is 9.93. The minimum absolute atomic E-state index is 0.389. The first-order valence-electron chi connectivity index (χ1n) is 8.83. The van der Waals surface area contributed by atoms with Gasteiger partial charge in [-0.1, -0.05) is 0 Å². The molecule has 0 radical (unpaired) electrons. The molecule has 0 N–H and O–H groups in total. The predicted molar refractivity (Wildman–Crippen MR) is 97.0 cm³/mol. The summed E-state index contributed by atoms with van der Waals surface area (Å²) in [6, 6.07) is 6.47. The van der Waals surface area contributed by atoms with Crippen LogP contribution in [0.5, 0.6) is 0 Å². The largest absolute Gasteiger partial charge is 0.375 e. The Kier molecular flexibility index (Phi) is 5.23. The van der Waals surface area contributed by atoms with Crippen molar-refractivity contribution in [1.82, 2.24) is 14.8 Å². The summed E-state index contributed by atoms with van der Waals surface area (Å²) in [4.78, 5) is 9.22. The number of piperidine rings is 1. The molecule has 4 rings (SSSR count). The van der Waals surface area contributed by atoms with E-state index in [1.54, 1.807) is 11.3 Å². The standard InChI is InChI=1S/C19H25N3OS/c1-5-20-6-2-16(1)11-22-8-9-23-19-14-21(7-3-18(19)13-22)12-17-4-10-24-15-17/h1-2,4-6,10,15,18-19H,3,7-9,11-14H2/t18-,19-/m0/s1. The van der Waals surface area contributed by atoms with Crippen LogP contribution in [-0.4, -0.2) is 53.7 Å². The number of ether oxygens (including phenoxy) is 1. The first kappa shape index (κ1) is 16.2. The number of thiophene rings is 1. The van der Waals surface area contributed by atoms with Crippen LogP contribution < -0.4 is 0 Å². The second kappa shape index (κ2) is 7.74. The molecule has 24 heavy (non-hydrogen) atoms. The van der Waals surface area contributed by atoms with Crippen LogP contribution in [0.25, 0.3) is 0 Å². The van der Waals surface area contributed by atoms with Crippen LogP contribution in [0.2, 0.25) is 0 Å². The second-order valence-corrected chi connectivity index (χ2v) is 7.70. The molecule has 0 amide bonds. The highest BCUT2D eigenvalue weighted by Crippen LogP contribution is 2.26. The summed E-state index contributed by atoms with van der Waals surface area (Å²) in [5.41, 5.74) is 2.78. The van der Waals surface area contributed by atoms with Gasteiger partial charge in [0.25, 0.3) is 0 Å². The van der Waals surface area contributed by atoms with Crippen LogP contribution in [-0.2, 0) is 17.8 Å². The van der Waals surface area contributed by atoms with Crippen molar-refractivity contribution >= 4 is 11.3 Å². The molecular formula is C19H25N3OS. The van der Waals surface area contributed by atoms with Gasteiger partial charge in [-0.15, -0.1) is 0 Å². The maximum atomic E-state index is 6.23. The summed E-state index contributed by atoms with van der Waals surface area (Å²) >= 11 is 1.79. The summed E-state index contributed by atoms with van der Waals surface area (Å²) in [6.07, 6.45) is 5.40. The first-order valence-corrected chi connectivity index (χ1v) is 9.77. The van der Waals surface area contributed by atoms with Crippen molar-refractivity contribution in [2.45, 2.75) is 25.6 Å². The summed E-state index contributed by atoms with van der Waals surface area (Å²) in [5, 5.41) is 4.43. The third kappa shape index (κ3) is 4.03. The number of rotatable bonds is 4. The van der Waals surface area contributed by atoms with Gasteiger partial charge in [0.2, 0.25) is 0 Å². The van der Waals surface area contributed by atoms with E-state index in [4.69, 9.17) is 4.74 Å². The van der Waals surface area contributed by atoms with Crippen LogP contribution in [0.3, 0.4) is 0 Å². The minimum Gasteiger partial charge on any atom is -0.375 e. The highest BCUT2D eigenvalue weighted by molar-refractivity contribution is 7.07. The minimum atomic E-state index is 0.389. The average molecular weight is 343 g/mol. The predicted octanol–water partition coefficient (Wildman–Crippen LogP) is 2.87. The molecule has 2 atom stereocenters. The van der Waals surface area contributed by atoms with Gasteiger partial charge in [0.15, 0.2) is 0 Å². The SMILES string of the molecule is c1cc(CN2CCO[C@H]3CN(Cc4ccsc4)CC[C@H]3C2)ccn1. The maximum absolute atomic E-state index is 6.23. The van der Waals surface area contributed by atoms with Crippen molar-refractivity contribution in [3.63, 3.8) is 0 Å². The fourth-order valence-electron chi connectivity index (χ4n) is 3.86. The average Bonchev–Trinajstić information content (AvgIpc) is 3.02. The van der Waals surface area contributed by atoms with E-state index in [9.17, 15) is 0 Å². The van der Waals surface area contributed by atoms with E-state index in [0.717, 1.165) is 39.3 Å². The molecule has 0 aromatic carbocycles. The zero-order valence-electron chi connectivity index (χ0n) is 14.0. The molecule has 4 nitrogen and oxygen atoms in total. The zero-order chi connectivity index (χ0) is 16.2. The summed E-state index contributed by atoms with van der Waals surface area (Å²) in [6.45, 7) is 7.36. The van der Waals surface area contributed by atoms with Gasteiger partial charge in [0.1, 0.15) is 0 Å². The van der Waals surface area contributed by atoms with Gasteiger partial charge in [-0.2, -0.15) is 11.3 Å². The Morgan fingerprint density at radius 3 is 2.71 bits per heavy atom. The fourth-order valence-corrected chi connectivity index (χ4v) is 4.52. The fraction of sp³-hybridized carbons (Fsp3) is 0.526. The third-order valence-corrected chi connectivity index (χ3v) is 5.89. The highest BCUT2D eigenvalue weighted by atomic mass is 32.1. The van der Waals surface area contributed by atoms with Crippen LogP contribution in [0.15, 0.2) is 41.4 Å². The Bertz CT molecular complexity index is 619. The number of likely N-dealkylation sites (tertiary alicyclic amines) is 1. The molecule has 2 aliphatic heterocycles. The van der Waals surface area contributed by atoms with E-state index in [-0.39, 0.29) is 0 Å². The molecule has 2 saturated heterocycles. The van der Waals surface area contributed by atoms with E-state index in [1.807, 2.05) is 12.4 Å². The lowest BCUT2D eigenvalue weighted by molar-refractivity contribution is -0.0241. The molecule has 128 valence electrons. The maximum Gasteiger partial charge on any atom is 0.0743 e. The Hall–Kier alpha value is -1.27. The van der Waals surface area contributed by atoms with Crippen LogP contribution in [0, 0.1) is 5.92 Å². The Morgan fingerprint density at radius 2 is 1.88 bits per heavy atom. The van der Waals surface area contributed by atoms with Crippen molar-refractivity contribution in [2.75, 3.05) is 32.8 Å².